The first-order valence-corrected chi connectivity index (χ1v) is 5.38. The van der Waals surface area contributed by atoms with E-state index in [1.165, 1.54) is 12.1 Å². The lowest BCUT2D eigenvalue weighted by atomic mass is 10.2. The molecule has 0 spiro atoms. The number of anilines is 2. The molecule has 0 saturated carbocycles. The summed E-state index contributed by atoms with van der Waals surface area (Å²) in [6.45, 7) is 4.30. The molecule has 0 bridgehead atoms. The van der Waals surface area contributed by atoms with Crippen LogP contribution in [-0.4, -0.2) is 29.2 Å². The van der Waals surface area contributed by atoms with Gasteiger partial charge in [0.2, 0.25) is 0 Å². The van der Waals surface area contributed by atoms with E-state index in [9.17, 15) is 10.1 Å². The van der Waals surface area contributed by atoms with Gasteiger partial charge in [0, 0.05) is 36.1 Å². The van der Waals surface area contributed by atoms with Gasteiger partial charge in [-0.05, 0) is 19.9 Å². The maximum absolute atomic E-state index is 10.7. The van der Waals surface area contributed by atoms with Crippen molar-refractivity contribution < 1.29 is 10.0 Å². The molecule has 0 aromatic heterocycles. The van der Waals surface area contributed by atoms with E-state index in [4.69, 9.17) is 10.8 Å². The number of nitro groups is 1. The summed E-state index contributed by atoms with van der Waals surface area (Å²) in [4.78, 5) is 12.1. The van der Waals surface area contributed by atoms with Gasteiger partial charge >= 0.3 is 0 Å². The Hall–Kier alpha value is -1.82. The highest BCUT2D eigenvalue weighted by molar-refractivity contribution is 5.63. The molecule has 1 aromatic carbocycles. The molecule has 6 nitrogen and oxygen atoms in total. The second kappa shape index (κ2) is 5.49. The van der Waals surface area contributed by atoms with Gasteiger partial charge in [0.25, 0.3) is 5.69 Å². The molecule has 0 aliphatic heterocycles. The first-order chi connectivity index (χ1) is 7.95. The summed E-state index contributed by atoms with van der Waals surface area (Å²) in [6, 6.07) is 4.58. The summed E-state index contributed by atoms with van der Waals surface area (Å²) in [5.74, 6) is 0. The number of hydrogen-bond acceptors (Lipinski definition) is 5. The van der Waals surface area contributed by atoms with Crippen LogP contribution in [0, 0.1) is 10.1 Å². The highest BCUT2D eigenvalue weighted by atomic mass is 16.6. The smallest absolute Gasteiger partial charge is 0.273 e. The second-order valence-corrected chi connectivity index (χ2v) is 4.05. The Balaban J connectivity index is 3.14. The summed E-state index contributed by atoms with van der Waals surface area (Å²) in [6.07, 6.45) is 0. The molecule has 0 aliphatic carbocycles. The summed E-state index contributed by atoms with van der Waals surface area (Å²) >= 11 is 0. The molecule has 0 aliphatic rings. The number of nitro benzene ring substituents is 1. The van der Waals surface area contributed by atoms with E-state index in [1.54, 1.807) is 6.07 Å². The van der Waals surface area contributed by atoms with E-state index < -0.39 is 4.92 Å². The van der Waals surface area contributed by atoms with E-state index in [2.05, 4.69) is 0 Å². The molecule has 3 N–H and O–H groups in total. The number of non-ortho nitro benzene ring substituents is 1. The molecule has 1 rings (SSSR count). The van der Waals surface area contributed by atoms with Gasteiger partial charge in [-0.3, -0.25) is 10.1 Å². The monoisotopic (exact) mass is 239 g/mol. The van der Waals surface area contributed by atoms with Crippen molar-refractivity contribution in [2.75, 3.05) is 23.8 Å². The van der Waals surface area contributed by atoms with Crippen LogP contribution in [0.3, 0.4) is 0 Å². The minimum Gasteiger partial charge on any atom is -0.398 e. The SMILES string of the molecule is CC(C)N(CCO)c1cc(N)cc([N+](=O)[O-])c1. The standard InChI is InChI=1S/C11H17N3O3/c1-8(2)13(3-4-15)10-5-9(12)6-11(7-10)14(16)17/h5-8,15H,3-4,12H2,1-2H3. The Morgan fingerprint density at radius 1 is 1.47 bits per heavy atom. The zero-order valence-corrected chi connectivity index (χ0v) is 9.96. The van der Waals surface area contributed by atoms with Crippen molar-refractivity contribution in [3.63, 3.8) is 0 Å². The van der Waals surface area contributed by atoms with Crippen LogP contribution in [0.5, 0.6) is 0 Å². The van der Waals surface area contributed by atoms with Crippen molar-refractivity contribution in [1.29, 1.82) is 0 Å². The Morgan fingerprint density at radius 2 is 2.12 bits per heavy atom. The zero-order chi connectivity index (χ0) is 13.0. The molecular weight excluding hydrogens is 222 g/mol. The van der Waals surface area contributed by atoms with E-state index in [0.717, 1.165) is 0 Å². The van der Waals surface area contributed by atoms with Gasteiger partial charge in [-0.25, -0.2) is 0 Å². The maximum atomic E-state index is 10.7. The Labute approximate surface area is 99.8 Å². The quantitative estimate of drug-likeness (QED) is 0.460. The predicted octanol–water partition coefficient (Wildman–Crippen LogP) is 1.38. The summed E-state index contributed by atoms with van der Waals surface area (Å²) < 4.78 is 0. The molecule has 0 atom stereocenters. The summed E-state index contributed by atoms with van der Waals surface area (Å²) in [5.41, 5.74) is 6.60. The van der Waals surface area contributed by atoms with E-state index in [1.807, 2.05) is 18.7 Å². The minimum absolute atomic E-state index is 0.0131. The molecule has 0 radical (unpaired) electrons. The molecule has 0 fully saturated rings. The fourth-order valence-electron chi connectivity index (χ4n) is 1.68. The summed E-state index contributed by atoms with van der Waals surface area (Å²) in [7, 11) is 0. The van der Waals surface area contributed by atoms with Crippen molar-refractivity contribution in [3.8, 4) is 0 Å². The van der Waals surface area contributed by atoms with Gasteiger partial charge in [0.1, 0.15) is 0 Å². The maximum Gasteiger partial charge on any atom is 0.273 e. The molecule has 1 aromatic rings. The first-order valence-electron chi connectivity index (χ1n) is 5.38. The van der Waals surface area contributed by atoms with Crippen LogP contribution in [0.15, 0.2) is 18.2 Å². The second-order valence-electron chi connectivity index (χ2n) is 4.05. The lowest BCUT2D eigenvalue weighted by molar-refractivity contribution is -0.384. The Morgan fingerprint density at radius 3 is 2.59 bits per heavy atom. The fourth-order valence-corrected chi connectivity index (χ4v) is 1.68. The molecule has 0 unspecified atom stereocenters. The fraction of sp³-hybridized carbons (Fsp3) is 0.455. The van der Waals surface area contributed by atoms with Crippen LogP contribution >= 0.6 is 0 Å². The van der Waals surface area contributed by atoms with Crippen LogP contribution in [-0.2, 0) is 0 Å². The number of benzene rings is 1. The van der Waals surface area contributed by atoms with Crippen LogP contribution in [0.25, 0.3) is 0 Å². The topological polar surface area (TPSA) is 92.6 Å². The van der Waals surface area contributed by atoms with Gasteiger partial charge in [-0.2, -0.15) is 0 Å². The third kappa shape index (κ3) is 3.32. The third-order valence-electron chi connectivity index (χ3n) is 2.43. The van der Waals surface area contributed by atoms with Crippen molar-refractivity contribution in [2.45, 2.75) is 19.9 Å². The van der Waals surface area contributed by atoms with Crippen LogP contribution in [0.4, 0.5) is 17.1 Å². The average molecular weight is 239 g/mol. The molecule has 0 amide bonds. The van der Waals surface area contributed by atoms with E-state index in [-0.39, 0.29) is 18.3 Å². The van der Waals surface area contributed by atoms with Crippen molar-refractivity contribution in [2.24, 2.45) is 0 Å². The molecule has 6 heteroatoms. The number of aliphatic hydroxyl groups is 1. The Bertz CT molecular complexity index is 407. The van der Waals surface area contributed by atoms with Gasteiger partial charge in [0.15, 0.2) is 0 Å². The number of rotatable bonds is 5. The lowest BCUT2D eigenvalue weighted by Crippen LogP contribution is -2.33. The van der Waals surface area contributed by atoms with Gasteiger partial charge in [0.05, 0.1) is 11.5 Å². The normalized spacial score (nSPS) is 10.6. The van der Waals surface area contributed by atoms with Crippen LogP contribution < -0.4 is 10.6 Å². The molecule has 0 saturated heterocycles. The molecule has 17 heavy (non-hydrogen) atoms. The number of hydrogen-bond donors (Lipinski definition) is 2. The molecule has 94 valence electrons. The molecule has 0 heterocycles. The van der Waals surface area contributed by atoms with Crippen molar-refractivity contribution in [1.82, 2.24) is 0 Å². The number of nitrogens with two attached hydrogens (primary N) is 1. The van der Waals surface area contributed by atoms with Crippen molar-refractivity contribution in [3.05, 3.63) is 28.3 Å². The van der Waals surface area contributed by atoms with Crippen LogP contribution in [0.2, 0.25) is 0 Å². The largest absolute Gasteiger partial charge is 0.398 e. The van der Waals surface area contributed by atoms with E-state index >= 15 is 0 Å². The minimum atomic E-state index is -0.475. The zero-order valence-electron chi connectivity index (χ0n) is 9.96. The van der Waals surface area contributed by atoms with E-state index in [0.29, 0.717) is 17.9 Å². The average Bonchev–Trinajstić information content (AvgIpc) is 2.24. The summed E-state index contributed by atoms with van der Waals surface area (Å²) in [5, 5.41) is 19.7. The molecular formula is C11H17N3O3. The number of aliphatic hydroxyl groups excluding tert-OH is 1. The predicted molar refractivity (Wildman–Crippen MR) is 67.1 cm³/mol. The highest BCUT2D eigenvalue weighted by Crippen LogP contribution is 2.26. The van der Waals surface area contributed by atoms with Gasteiger partial charge in [-0.1, -0.05) is 0 Å². The van der Waals surface area contributed by atoms with Crippen LogP contribution in [0.1, 0.15) is 13.8 Å². The Kier molecular flexibility index (Phi) is 4.28. The first kappa shape index (κ1) is 13.2. The highest BCUT2D eigenvalue weighted by Gasteiger charge is 2.15. The third-order valence-corrected chi connectivity index (χ3v) is 2.43. The number of nitrogens with zero attached hydrogens (tertiary/aromatic N) is 2. The van der Waals surface area contributed by atoms with Gasteiger partial charge in [-0.15, -0.1) is 0 Å². The van der Waals surface area contributed by atoms with Gasteiger partial charge < -0.3 is 15.7 Å². The lowest BCUT2D eigenvalue weighted by Gasteiger charge is -2.28. The van der Waals surface area contributed by atoms with Crippen molar-refractivity contribution >= 4 is 17.1 Å². The number of nitrogen functional groups attached to an aromatic ring is 1.